The topological polar surface area (TPSA) is 97.0 Å². The van der Waals surface area contributed by atoms with Gasteiger partial charge in [-0.25, -0.2) is 0 Å². The first-order chi connectivity index (χ1) is 12.1. The Morgan fingerprint density at radius 1 is 1.08 bits per heavy atom. The summed E-state index contributed by atoms with van der Waals surface area (Å²) in [6.07, 6.45) is 0.0991. The fraction of sp³-hybridized carbons (Fsp3) is 0.158. The third kappa shape index (κ3) is 3.34. The van der Waals surface area contributed by atoms with Gasteiger partial charge in [-0.1, -0.05) is 12.1 Å². The van der Waals surface area contributed by atoms with E-state index in [1.54, 1.807) is 48.5 Å². The van der Waals surface area contributed by atoms with Crippen LogP contribution in [0.1, 0.15) is 17.5 Å². The predicted octanol–water partition coefficient (Wildman–Crippen LogP) is 2.42. The minimum atomic E-state index is -0.491. The van der Waals surface area contributed by atoms with Crippen LogP contribution in [0.15, 0.2) is 48.5 Å². The summed E-state index contributed by atoms with van der Waals surface area (Å²) in [4.78, 5) is 26.2. The lowest BCUT2D eigenvalue weighted by Crippen LogP contribution is -2.28. The number of benzene rings is 2. The van der Waals surface area contributed by atoms with Crippen LogP contribution in [0.4, 0.5) is 11.4 Å². The average Bonchev–Trinajstić information content (AvgIpc) is 3.04. The van der Waals surface area contributed by atoms with Crippen LogP contribution in [-0.2, 0) is 9.59 Å². The zero-order chi connectivity index (χ0) is 17.8. The molecule has 0 radical (unpaired) electrons. The van der Waals surface area contributed by atoms with E-state index in [0.717, 1.165) is 0 Å². The molecule has 1 unspecified atom stereocenters. The fourth-order valence-electron chi connectivity index (χ4n) is 2.79. The van der Waals surface area contributed by atoms with E-state index >= 15 is 0 Å². The second kappa shape index (κ2) is 6.86. The van der Waals surface area contributed by atoms with Crippen LogP contribution in [0.2, 0.25) is 0 Å². The molecule has 1 atom stereocenters. The van der Waals surface area contributed by atoms with Crippen molar-refractivity contribution >= 4 is 23.2 Å². The Morgan fingerprint density at radius 3 is 2.48 bits per heavy atom. The predicted molar refractivity (Wildman–Crippen MR) is 91.4 cm³/mol. The summed E-state index contributed by atoms with van der Waals surface area (Å²) < 4.78 is 0. The van der Waals surface area contributed by atoms with Gasteiger partial charge in [-0.3, -0.25) is 9.59 Å². The molecule has 1 saturated heterocycles. The molecule has 25 heavy (non-hydrogen) atoms. The molecule has 0 aliphatic carbocycles. The lowest BCUT2D eigenvalue weighted by molar-refractivity contribution is -0.122. The van der Waals surface area contributed by atoms with Crippen LogP contribution in [0.3, 0.4) is 0 Å². The highest BCUT2D eigenvalue weighted by Gasteiger charge is 2.36. The third-order valence-electron chi connectivity index (χ3n) is 4.09. The number of hydrogen-bond donors (Lipinski definition) is 1. The van der Waals surface area contributed by atoms with E-state index in [1.807, 2.05) is 6.07 Å². The van der Waals surface area contributed by atoms with Crippen LogP contribution in [0, 0.1) is 28.6 Å². The molecule has 2 aromatic carbocycles. The van der Waals surface area contributed by atoms with Gasteiger partial charge in [-0.2, -0.15) is 10.5 Å². The summed E-state index contributed by atoms with van der Waals surface area (Å²) in [6, 6.07) is 17.5. The van der Waals surface area contributed by atoms with Gasteiger partial charge in [0.25, 0.3) is 0 Å². The first-order valence-electron chi connectivity index (χ1n) is 7.73. The van der Waals surface area contributed by atoms with Crippen molar-refractivity contribution in [3.63, 3.8) is 0 Å². The molecular weight excluding hydrogens is 316 g/mol. The molecule has 0 saturated carbocycles. The molecule has 3 rings (SSSR count). The lowest BCUT2D eigenvalue weighted by atomic mass is 10.1. The standard InChI is InChI=1S/C19H14N4O2/c20-10-13-5-7-16(8-6-13)22-19(25)15-9-18(24)23(12-15)17-4-2-1-3-14(17)11-21/h1-8,15H,9,12H2,(H,22,25). The highest BCUT2D eigenvalue weighted by molar-refractivity contribution is 6.04. The maximum absolute atomic E-state index is 12.4. The summed E-state index contributed by atoms with van der Waals surface area (Å²) in [5, 5.41) is 20.7. The van der Waals surface area contributed by atoms with Crippen molar-refractivity contribution in [1.29, 1.82) is 10.5 Å². The Hall–Kier alpha value is -3.64. The van der Waals surface area contributed by atoms with E-state index in [9.17, 15) is 14.9 Å². The van der Waals surface area contributed by atoms with Crippen LogP contribution in [-0.4, -0.2) is 18.4 Å². The van der Waals surface area contributed by atoms with Crippen LogP contribution in [0.25, 0.3) is 0 Å². The number of hydrogen-bond acceptors (Lipinski definition) is 4. The molecular formula is C19H14N4O2. The van der Waals surface area contributed by atoms with Crippen molar-refractivity contribution < 1.29 is 9.59 Å². The van der Waals surface area contributed by atoms with Gasteiger partial charge >= 0.3 is 0 Å². The maximum Gasteiger partial charge on any atom is 0.229 e. The minimum Gasteiger partial charge on any atom is -0.326 e. The van der Waals surface area contributed by atoms with Gasteiger partial charge in [0.15, 0.2) is 0 Å². The number of amides is 2. The number of anilines is 2. The summed E-state index contributed by atoms with van der Waals surface area (Å²) in [7, 11) is 0. The zero-order valence-electron chi connectivity index (χ0n) is 13.3. The number of carbonyl (C=O) groups excluding carboxylic acids is 2. The SMILES string of the molecule is N#Cc1ccc(NC(=O)C2CC(=O)N(c3ccccc3C#N)C2)cc1. The normalized spacial score (nSPS) is 16.2. The number of nitriles is 2. The number of para-hydroxylation sites is 1. The van der Waals surface area contributed by atoms with E-state index in [0.29, 0.717) is 22.5 Å². The van der Waals surface area contributed by atoms with Crippen molar-refractivity contribution in [2.45, 2.75) is 6.42 Å². The molecule has 122 valence electrons. The second-order valence-electron chi connectivity index (χ2n) is 5.71. The fourth-order valence-corrected chi connectivity index (χ4v) is 2.79. The Balaban J connectivity index is 1.72. The van der Waals surface area contributed by atoms with E-state index in [4.69, 9.17) is 5.26 Å². The second-order valence-corrected chi connectivity index (χ2v) is 5.71. The number of nitrogens with one attached hydrogen (secondary N) is 1. The number of nitrogens with zero attached hydrogens (tertiary/aromatic N) is 3. The summed E-state index contributed by atoms with van der Waals surface area (Å²) in [5.41, 5.74) is 2.02. The Morgan fingerprint density at radius 2 is 1.80 bits per heavy atom. The molecule has 0 bridgehead atoms. The van der Waals surface area contributed by atoms with Crippen molar-refractivity contribution in [1.82, 2.24) is 0 Å². The van der Waals surface area contributed by atoms with E-state index in [-0.39, 0.29) is 24.8 Å². The molecule has 0 spiro atoms. The molecule has 2 aromatic rings. The Labute approximate surface area is 144 Å². The third-order valence-corrected chi connectivity index (χ3v) is 4.09. The molecule has 1 aliphatic rings. The molecule has 1 N–H and O–H groups in total. The van der Waals surface area contributed by atoms with Crippen LogP contribution >= 0.6 is 0 Å². The minimum absolute atomic E-state index is 0.0991. The maximum atomic E-state index is 12.4. The van der Waals surface area contributed by atoms with Crippen molar-refractivity contribution in [3.8, 4) is 12.1 Å². The smallest absolute Gasteiger partial charge is 0.229 e. The molecule has 1 aliphatic heterocycles. The van der Waals surface area contributed by atoms with E-state index in [2.05, 4.69) is 11.4 Å². The summed E-state index contributed by atoms with van der Waals surface area (Å²) in [6.45, 7) is 0.236. The molecule has 6 nitrogen and oxygen atoms in total. The Kier molecular flexibility index (Phi) is 4.45. The molecule has 1 fully saturated rings. The van der Waals surface area contributed by atoms with Crippen molar-refractivity contribution in [3.05, 3.63) is 59.7 Å². The van der Waals surface area contributed by atoms with E-state index in [1.165, 1.54) is 4.90 Å². The van der Waals surface area contributed by atoms with Gasteiger partial charge in [-0.05, 0) is 36.4 Å². The first-order valence-corrected chi connectivity index (χ1v) is 7.73. The highest BCUT2D eigenvalue weighted by Crippen LogP contribution is 2.28. The van der Waals surface area contributed by atoms with Gasteiger partial charge in [0.2, 0.25) is 11.8 Å². The number of carbonyl (C=O) groups is 2. The monoisotopic (exact) mass is 330 g/mol. The highest BCUT2D eigenvalue weighted by atomic mass is 16.2. The van der Waals surface area contributed by atoms with Gasteiger partial charge in [0, 0.05) is 18.7 Å². The molecule has 6 heteroatoms. The quantitative estimate of drug-likeness (QED) is 0.934. The van der Waals surface area contributed by atoms with Gasteiger partial charge in [-0.15, -0.1) is 0 Å². The molecule has 0 aromatic heterocycles. The van der Waals surface area contributed by atoms with E-state index < -0.39 is 5.92 Å². The average molecular weight is 330 g/mol. The van der Waals surface area contributed by atoms with Crippen LogP contribution in [0.5, 0.6) is 0 Å². The zero-order valence-corrected chi connectivity index (χ0v) is 13.3. The number of rotatable bonds is 3. The van der Waals surface area contributed by atoms with Crippen LogP contribution < -0.4 is 10.2 Å². The largest absolute Gasteiger partial charge is 0.326 e. The first kappa shape index (κ1) is 16.2. The lowest BCUT2D eigenvalue weighted by Gasteiger charge is -2.18. The summed E-state index contributed by atoms with van der Waals surface area (Å²) >= 11 is 0. The molecule has 2 amide bonds. The van der Waals surface area contributed by atoms with Gasteiger partial charge in [0.1, 0.15) is 6.07 Å². The Bertz CT molecular complexity index is 906. The van der Waals surface area contributed by atoms with Gasteiger partial charge < -0.3 is 10.2 Å². The molecule has 1 heterocycles. The van der Waals surface area contributed by atoms with Gasteiger partial charge in [0.05, 0.1) is 28.8 Å². The van der Waals surface area contributed by atoms with Crippen molar-refractivity contribution in [2.24, 2.45) is 5.92 Å². The summed E-state index contributed by atoms with van der Waals surface area (Å²) in [5.74, 6) is -0.924. The van der Waals surface area contributed by atoms with Crippen molar-refractivity contribution in [2.75, 3.05) is 16.8 Å².